The zero-order chi connectivity index (χ0) is 11.6. The van der Waals surface area contributed by atoms with Crippen LogP contribution in [-0.4, -0.2) is 21.5 Å². The van der Waals surface area contributed by atoms with Crippen LogP contribution < -0.4 is 5.73 Å². The highest BCUT2D eigenvalue weighted by molar-refractivity contribution is 5.42. The van der Waals surface area contributed by atoms with Crippen LogP contribution in [0.5, 0.6) is 11.5 Å². The zero-order valence-corrected chi connectivity index (χ0v) is 8.94. The van der Waals surface area contributed by atoms with Crippen molar-refractivity contribution < 1.29 is 15.3 Å². The fourth-order valence-corrected chi connectivity index (χ4v) is 1.59. The van der Waals surface area contributed by atoms with Gasteiger partial charge in [-0.2, -0.15) is 0 Å². The number of hydrogen-bond donors (Lipinski definition) is 4. The van der Waals surface area contributed by atoms with Crippen LogP contribution in [0.1, 0.15) is 25.8 Å². The first-order valence-corrected chi connectivity index (χ1v) is 4.79. The minimum atomic E-state index is -0.893. The number of aliphatic hydroxyl groups is 1. The molecule has 4 nitrogen and oxygen atoms in total. The van der Waals surface area contributed by atoms with E-state index in [-0.39, 0.29) is 16.9 Å². The topological polar surface area (TPSA) is 86.7 Å². The summed E-state index contributed by atoms with van der Waals surface area (Å²) in [5.41, 5.74) is 5.80. The third-order valence-electron chi connectivity index (χ3n) is 2.48. The van der Waals surface area contributed by atoms with Crippen molar-refractivity contribution in [2.45, 2.75) is 31.9 Å². The molecule has 15 heavy (non-hydrogen) atoms. The van der Waals surface area contributed by atoms with Crippen LogP contribution in [0, 0.1) is 0 Å². The Hall–Kier alpha value is -1.26. The Morgan fingerprint density at radius 1 is 1.27 bits per heavy atom. The van der Waals surface area contributed by atoms with E-state index in [1.165, 1.54) is 12.1 Å². The fraction of sp³-hybridized carbons (Fsp3) is 0.455. The summed E-state index contributed by atoms with van der Waals surface area (Å²) in [6.07, 6.45) is -0.507. The van der Waals surface area contributed by atoms with Gasteiger partial charge in [-0.05, 0) is 29.5 Å². The highest BCUT2D eigenvalue weighted by Gasteiger charge is 2.23. The number of hydrogen-bond acceptors (Lipinski definition) is 4. The molecule has 0 aliphatic heterocycles. The molecule has 0 saturated heterocycles. The van der Waals surface area contributed by atoms with E-state index in [4.69, 9.17) is 15.9 Å². The summed E-state index contributed by atoms with van der Waals surface area (Å²) < 4.78 is 0. The van der Waals surface area contributed by atoms with Gasteiger partial charge in [0.2, 0.25) is 0 Å². The molecule has 0 saturated carbocycles. The van der Waals surface area contributed by atoms with Gasteiger partial charge in [0.25, 0.3) is 0 Å². The number of rotatable bonds is 3. The van der Waals surface area contributed by atoms with Crippen LogP contribution in [0.2, 0.25) is 0 Å². The van der Waals surface area contributed by atoms with Crippen LogP contribution in [0.25, 0.3) is 0 Å². The normalized spacial score (nSPS) is 13.9. The summed E-state index contributed by atoms with van der Waals surface area (Å²) in [4.78, 5) is 0. The molecule has 0 bridgehead atoms. The van der Waals surface area contributed by atoms with Gasteiger partial charge in [-0.3, -0.25) is 0 Å². The van der Waals surface area contributed by atoms with Gasteiger partial charge in [0.05, 0.1) is 0 Å². The molecule has 0 radical (unpaired) electrons. The number of aliphatic hydroxyl groups excluding tert-OH is 1. The molecule has 0 heterocycles. The second-order valence-corrected chi connectivity index (χ2v) is 4.36. The van der Waals surface area contributed by atoms with Crippen LogP contribution >= 0.6 is 0 Å². The molecule has 5 N–H and O–H groups in total. The molecule has 1 rings (SSSR count). The quantitative estimate of drug-likeness (QED) is 0.444. The lowest BCUT2D eigenvalue weighted by atomic mass is 9.81. The smallest absolute Gasteiger partial charge is 0.157 e. The lowest BCUT2D eigenvalue weighted by molar-refractivity contribution is 0.145. The predicted molar refractivity (Wildman–Crippen MR) is 57.6 cm³/mol. The summed E-state index contributed by atoms with van der Waals surface area (Å²) in [5.74, 6) is -0.310. The third-order valence-corrected chi connectivity index (χ3v) is 2.48. The Labute approximate surface area is 89.0 Å². The average molecular weight is 211 g/mol. The minimum Gasteiger partial charge on any atom is -0.504 e. The van der Waals surface area contributed by atoms with E-state index in [9.17, 15) is 5.11 Å². The molecule has 0 aromatic heterocycles. The highest BCUT2D eigenvalue weighted by atomic mass is 16.3. The largest absolute Gasteiger partial charge is 0.504 e. The summed E-state index contributed by atoms with van der Waals surface area (Å²) in [5, 5.41) is 27.7. The first-order valence-electron chi connectivity index (χ1n) is 4.79. The molecule has 0 fully saturated rings. The molecule has 84 valence electrons. The molecule has 1 unspecified atom stereocenters. The molecule has 4 heteroatoms. The standard InChI is InChI=1S/C11H17NO3/c1-11(2,6-10(12)15)7-3-4-8(13)9(14)5-7/h3-5,10,13-15H,6,12H2,1-2H3. The fourth-order valence-electron chi connectivity index (χ4n) is 1.59. The van der Waals surface area contributed by atoms with Crippen LogP contribution in [0.4, 0.5) is 0 Å². The second kappa shape index (κ2) is 4.08. The number of aromatic hydroxyl groups is 2. The molecule has 1 atom stereocenters. The Balaban J connectivity index is 2.99. The van der Waals surface area contributed by atoms with Crippen molar-refractivity contribution in [2.75, 3.05) is 0 Å². The van der Waals surface area contributed by atoms with Gasteiger partial charge in [0.15, 0.2) is 11.5 Å². The van der Waals surface area contributed by atoms with E-state index >= 15 is 0 Å². The van der Waals surface area contributed by atoms with Gasteiger partial charge in [-0.1, -0.05) is 19.9 Å². The van der Waals surface area contributed by atoms with E-state index in [2.05, 4.69) is 0 Å². The monoisotopic (exact) mass is 211 g/mol. The number of phenols is 2. The Morgan fingerprint density at radius 3 is 2.33 bits per heavy atom. The average Bonchev–Trinajstić information content (AvgIpc) is 2.07. The summed E-state index contributed by atoms with van der Waals surface area (Å²) in [6, 6.07) is 4.62. The molecule has 1 aromatic rings. The van der Waals surface area contributed by atoms with Crippen molar-refractivity contribution in [1.29, 1.82) is 0 Å². The maximum atomic E-state index is 9.35. The molecule has 0 aliphatic rings. The lowest BCUT2D eigenvalue weighted by Crippen LogP contribution is -2.30. The highest BCUT2D eigenvalue weighted by Crippen LogP contribution is 2.33. The van der Waals surface area contributed by atoms with Crippen molar-refractivity contribution in [3.05, 3.63) is 23.8 Å². The first-order chi connectivity index (χ1) is 6.83. The molecule has 0 amide bonds. The van der Waals surface area contributed by atoms with Gasteiger partial charge in [-0.25, -0.2) is 0 Å². The summed E-state index contributed by atoms with van der Waals surface area (Å²) in [7, 11) is 0. The number of phenolic OH excluding ortho intramolecular Hbond substituents is 2. The molecule has 1 aromatic carbocycles. The summed E-state index contributed by atoms with van der Waals surface area (Å²) >= 11 is 0. The van der Waals surface area contributed by atoms with E-state index in [1.807, 2.05) is 13.8 Å². The Kier molecular flexibility index (Phi) is 3.21. The number of benzene rings is 1. The van der Waals surface area contributed by atoms with E-state index in [0.29, 0.717) is 6.42 Å². The maximum absolute atomic E-state index is 9.35. The van der Waals surface area contributed by atoms with Crippen molar-refractivity contribution in [1.82, 2.24) is 0 Å². The third kappa shape index (κ3) is 2.84. The molecular formula is C11H17NO3. The van der Waals surface area contributed by atoms with Crippen LogP contribution in [0.15, 0.2) is 18.2 Å². The second-order valence-electron chi connectivity index (χ2n) is 4.36. The van der Waals surface area contributed by atoms with Gasteiger partial charge < -0.3 is 21.1 Å². The minimum absolute atomic E-state index is 0.150. The van der Waals surface area contributed by atoms with Gasteiger partial charge in [-0.15, -0.1) is 0 Å². The molecular weight excluding hydrogens is 194 g/mol. The molecule has 0 aliphatic carbocycles. The molecule has 0 spiro atoms. The predicted octanol–water partition coefficient (Wildman–Crippen LogP) is 1.04. The van der Waals surface area contributed by atoms with Crippen LogP contribution in [0.3, 0.4) is 0 Å². The summed E-state index contributed by atoms with van der Waals surface area (Å²) in [6.45, 7) is 3.82. The van der Waals surface area contributed by atoms with Gasteiger partial charge in [0, 0.05) is 0 Å². The van der Waals surface area contributed by atoms with Crippen molar-refractivity contribution in [2.24, 2.45) is 5.73 Å². The van der Waals surface area contributed by atoms with Crippen molar-refractivity contribution in [3.63, 3.8) is 0 Å². The lowest BCUT2D eigenvalue weighted by Gasteiger charge is -2.26. The van der Waals surface area contributed by atoms with E-state index in [1.54, 1.807) is 6.07 Å². The van der Waals surface area contributed by atoms with Crippen molar-refractivity contribution >= 4 is 0 Å². The zero-order valence-electron chi connectivity index (χ0n) is 8.94. The SMILES string of the molecule is CC(C)(CC(N)O)c1ccc(O)c(O)c1. The van der Waals surface area contributed by atoms with E-state index < -0.39 is 6.23 Å². The van der Waals surface area contributed by atoms with Gasteiger partial charge in [0.1, 0.15) is 6.23 Å². The number of nitrogens with two attached hydrogens (primary N) is 1. The Morgan fingerprint density at radius 2 is 1.87 bits per heavy atom. The maximum Gasteiger partial charge on any atom is 0.157 e. The first kappa shape index (κ1) is 11.8. The Bertz CT molecular complexity index is 348. The van der Waals surface area contributed by atoms with E-state index in [0.717, 1.165) is 5.56 Å². The van der Waals surface area contributed by atoms with Crippen molar-refractivity contribution in [3.8, 4) is 11.5 Å². The van der Waals surface area contributed by atoms with Gasteiger partial charge >= 0.3 is 0 Å². The van der Waals surface area contributed by atoms with Crippen LogP contribution in [-0.2, 0) is 5.41 Å².